The Balaban J connectivity index is 3.17. The molecular weight excluding hydrogens is 228 g/mol. The molecule has 92 valence electrons. The molecule has 1 unspecified atom stereocenters. The fourth-order valence-electron chi connectivity index (χ4n) is 1.27. The Hall–Kier alpha value is -0.920. The summed E-state index contributed by atoms with van der Waals surface area (Å²) in [5.41, 5.74) is 6.09. The average molecular weight is 246 g/mol. The zero-order chi connectivity index (χ0) is 12.5. The zero-order valence-corrected chi connectivity index (χ0v) is 10.8. The lowest BCUT2D eigenvalue weighted by atomic mass is 10.4. The molecule has 1 rings (SSSR count). The van der Waals surface area contributed by atoms with Gasteiger partial charge in [-0.25, -0.2) is 8.42 Å². The first kappa shape index (κ1) is 13.1. The van der Waals surface area contributed by atoms with Crippen LogP contribution in [0.3, 0.4) is 0 Å². The van der Waals surface area contributed by atoms with Crippen LogP contribution in [0.1, 0.15) is 12.6 Å². The van der Waals surface area contributed by atoms with Gasteiger partial charge in [0, 0.05) is 26.7 Å². The summed E-state index contributed by atoms with van der Waals surface area (Å²) in [6.45, 7) is 3.78. The minimum absolute atomic E-state index is 0.232. The van der Waals surface area contributed by atoms with Crippen LogP contribution in [0, 0.1) is 6.92 Å². The van der Waals surface area contributed by atoms with E-state index in [1.807, 2.05) is 0 Å². The van der Waals surface area contributed by atoms with Crippen molar-refractivity contribution >= 4 is 10.0 Å². The molecule has 16 heavy (non-hydrogen) atoms. The van der Waals surface area contributed by atoms with Crippen LogP contribution in [-0.2, 0) is 17.1 Å². The SMILES string of the molecule is Cc1c(S(=O)(=O)N(C)C(C)CN)cnn1C. The van der Waals surface area contributed by atoms with Crippen molar-refractivity contribution in [1.29, 1.82) is 0 Å². The third-order valence-electron chi connectivity index (χ3n) is 2.81. The van der Waals surface area contributed by atoms with Gasteiger partial charge in [-0.05, 0) is 13.8 Å². The molecule has 0 radical (unpaired) electrons. The molecule has 0 aliphatic rings. The molecule has 1 atom stereocenters. The molecule has 0 spiro atoms. The molecule has 0 bridgehead atoms. The third kappa shape index (κ3) is 2.11. The highest BCUT2D eigenvalue weighted by atomic mass is 32.2. The molecule has 0 amide bonds. The number of rotatable bonds is 4. The Morgan fingerprint density at radius 3 is 2.56 bits per heavy atom. The van der Waals surface area contributed by atoms with Crippen molar-refractivity contribution in [2.75, 3.05) is 13.6 Å². The van der Waals surface area contributed by atoms with Crippen LogP contribution in [0.2, 0.25) is 0 Å². The first-order valence-electron chi connectivity index (χ1n) is 4.99. The minimum atomic E-state index is -3.49. The summed E-state index contributed by atoms with van der Waals surface area (Å²) < 4.78 is 27.2. The molecule has 1 aromatic rings. The fraction of sp³-hybridized carbons (Fsp3) is 0.667. The van der Waals surface area contributed by atoms with E-state index >= 15 is 0 Å². The normalized spacial score (nSPS) is 14.4. The maximum Gasteiger partial charge on any atom is 0.246 e. The number of aromatic nitrogens is 2. The molecule has 0 saturated carbocycles. The van der Waals surface area contributed by atoms with Gasteiger partial charge >= 0.3 is 0 Å². The second kappa shape index (κ2) is 4.52. The molecule has 1 aromatic heterocycles. The Bertz CT molecular complexity index is 466. The maximum atomic E-state index is 12.2. The number of aryl methyl sites for hydroxylation is 1. The van der Waals surface area contributed by atoms with Gasteiger partial charge in [0.1, 0.15) is 4.90 Å². The smallest absolute Gasteiger partial charge is 0.246 e. The van der Waals surface area contributed by atoms with Gasteiger partial charge in [0.2, 0.25) is 10.0 Å². The number of nitrogens with two attached hydrogens (primary N) is 1. The Labute approximate surface area is 96.1 Å². The van der Waals surface area contributed by atoms with E-state index in [2.05, 4.69) is 5.10 Å². The topological polar surface area (TPSA) is 81.2 Å². The van der Waals surface area contributed by atoms with Crippen LogP contribution >= 0.6 is 0 Å². The van der Waals surface area contributed by atoms with Crippen molar-refractivity contribution in [1.82, 2.24) is 14.1 Å². The summed E-state index contributed by atoms with van der Waals surface area (Å²) in [6, 6.07) is -0.232. The minimum Gasteiger partial charge on any atom is -0.329 e. The molecule has 0 fully saturated rings. The molecule has 0 aromatic carbocycles. The quantitative estimate of drug-likeness (QED) is 0.790. The first-order valence-corrected chi connectivity index (χ1v) is 6.43. The number of sulfonamides is 1. The van der Waals surface area contributed by atoms with E-state index < -0.39 is 10.0 Å². The highest BCUT2D eigenvalue weighted by Crippen LogP contribution is 2.19. The van der Waals surface area contributed by atoms with E-state index in [4.69, 9.17) is 5.73 Å². The second-order valence-corrected chi connectivity index (χ2v) is 5.79. The van der Waals surface area contributed by atoms with Gasteiger partial charge in [-0.15, -0.1) is 0 Å². The molecule has 0 aliphatic heterocycles. The van der Waals surface area contributed by atoms with Crippen molar-refractivity contribution in [3.8, 4) is 0 Å². The number of hydrogen-bond donors (Lipinski definition) is 1. The van der Waals surface area contributed by atoms with Crippen LogP contribution < -0.4 is 5.73 Å². The standard InChI is InChI=1S/C9H18N4O2S/c1-7(5-10)13(4)16(14,15)9-6-11-12(3)8(9)2/h6-7H,5,10H2,1-4H3. The lowest BCUT2D eigenvalue weighted by Gasteiger charge is -2.22. The fourth-order valence-corrected chi connectivity index (χ4v) is 2.83. The molecule has 0 aliphatic carbocycles. The predicted octanol–water partition coefficient (Wildman–Crippen LogP) is -0.304. The van der Waals surface area contributed by atoms with Gasteiger partial charge in [-0.2, -0.15) is 9.40 Å². The van der Waals surface area contributed by atoms with Crippen molar-refractivity contribution in [2.45, 2.75) is 24.8 Å². The Kier molecular flexibility index (Phi) is 3.72. The monoisotopic (exact) mass is 246 g/mol. The van der Waals surface area contributed by atoms with Gasteiger partial charge in [0.25, 0.3) is 0 Å². The number of nitrogens with zero attached hydrogens (tertiary/aromatic N) is 3. The molecule has 6 nitrogen and oxygen atoms in total. The molecule has 7 heteroatoms. The summed E-state index contributed by atoms with van der Waals surface area (Å²) in [6.07, 6.45) is 1.37. The summed E-state index contributed by atoms with van der Waals surface area (Å²) in [7, 11) is -0.254. The molecule has 2 N–H and O–H groups in total. The van der Waals surface area contributed by atoms with Gasteiger partial charge in [0.15, 0.2) is 0 Å². The summed E-state index contributed by atoms with van der Waals surface area (Å²) in [5.74, 6) is 0. The maximum absolute atomic E-state index is 12.2. The van der Waals surface area contributed by atoms with Crippen LogP contribution in [0.4, 0.5) is 0 Å². The second-order valence-electron chi connectivity index (χ2n) is 3.82. The highest BCUT2D eigenvalue weighted by molar-refractivity contribution is 7.89. The van der Waals surface area contributed by atoms with Gasteiger partial charge in [0.05, 0.1) is 11.9 Å². The Morgan fingerprint density at radius 2 is 2.19 bits per heavy atom. The summed E-state index contributed by atoms with van der Waals surface area (Å²) in [5, 5.41) is 3.93. The van der Waals surface area contributed by atoms with Gasteiger partial charge in [-0.3, -0.25) is 4.68 Å². The van der Waals surface area contributed by atoms with E-state index in [1.54, 1.807) is 20.9 Å². The van der Waals surface area contributed by atoms with Gasteiger partial charge < -0.3 is 5.73 Å². The van der Waals surface area contributed by atoms with Crippen molar-refractivity contribution in [3.63, 3.8) is 0 Å². The summed E-state index contributed by atoms with van der Waals surface area (Å²) in [4.78, 5) is 0.234. The van der Waals surface area contributed by atoms with Crippen molar-refractivity contribution < 1.29 is 8.42 Å². The molecule has 1 heterocycles. The largest absolute Gasteiger partial charge is 0.329 e. The van der Waals surface area contributed by atoms with Crippen molar-refractivity contribution in [2.24, 2.45) is 12.8 Å². The Morgan fingerprint density at radius 1 is 1.62 bits per heavy atom. The van der Waals surface area contributed by atoms with Gasteiger partial charge in [-0.1, -0.05) is 0 Å². The van der Waals surface area contributed by atoms with Crippen molar-refractivity contribution in [3.05, 3.63) is 11.9 Å². The van der Waals surface area contributed by atoms with Crippen LogP contribution in [0.25, 0.3) is 0 Å². The van der Waals surface area contributed by atoms with Crippen LogP contribution in [0.15, 0.2) is 11.1 Å². The van der Waals surface area contributed by atoms with E-state index in [-0.39, 0.29) is 17.5 Å². The number of hydrogen-bond acceptors (Lipinski definition) is 4. The lowest BCUT2D eigenvalue weighted by Crippen LogP contribution is -2.39. The van der Waals surface area contributed by atoms with E-state index in [9.17, 15) is 8.42 Å². The number of likely N-dealkylation sites (N-methyl/N-ethyl adjacent to an activating group) is 1. The predicted molar refractivity (Wildman–Crippen MR) is 61.4 cm³/mol. The van der Waals surface area contributed by atoms with E-state index in [0.29, 0.717) is 5.69 Å². The van der Waals surface area contributed by atoms with Crippen LogP contribution in [-0.4, -0.2) is 42.1 Å². The summed E-state index contributed by atoms with van der Waals surface area (Å²) >= 11 is 0. The first-order chi connectivity index (χ1) is 7.32. The average Bonchev–Trinajstić information content (AvgIpc) is 2.58. The highest BCUT2D eigenvalue weighted by Gasteiger charge is 2.27. The van der Waals surface area contributed by atoms with E-state index in [0.717, 1.165) is 0 Å². The third-order valence-corrected chi connectivity index (χ3v) is 4.88. The molecular formula is C9H18N4O2S. The van der Waals surface area contributed by atoms with E-state index in [1.165, 1.54) is 22.2 Å². The zero-order valence-electron chi connectivity index (χ0n) is 10.0. The lowest BCUT2D eigenvalue weighted by molar-refractivity contribution is 0.394. The van der Waals surface area contributed by atoms with Crippen LogP contribution in [0.5, 0.6) is 0 Å². The molecule has 0 saturated heterocycles.